The van der Waals surface area contributed by atoms with Crippen molar-refractivity contribution in [2.45, 2.75) is 77.3 Å². The Balaban J connectivity index is 1.09. The van der Waals surface area contributed by atoms with E-state index in [1.54, 1.807) is 7.05 Å². The van der Waals surface area contributed by atoms with Crippen LogP contribution in [0.4, 0.5) is 0 Å². The molecule has 0 saturated carbocycles. The second-order valence-corrected chi connectivity index (χ2v) is 13.5. The molecule has 2 atom stereocenters. The van der Waals surface area contributed by atoms with Crippen LogP contribution in [0.3, 0.4) is 0 Å². The Labute approximate surface area is 289 Å². The number of imidazole rings is 2. The van der Waals surface area contributed by atoms with Crippen LogP contribution in [0.2, 0.25) is 0 Å². The van der Waals surface area contributed by atoms with Crippen LogP contribution in [-0.2, 0) is 28.9 Å². The number of unbranched alkanes of at least 4 members (excludes halogenated alkanes) is 1. The van der Waals surface area contributed by atoms with Gasteiger partial charge in [0.1, 0.15) is 11.6 Å². The van der Waals surface area contributed by atoms with Gasteiger partial charge < -0.3 is 31.2 Å². The number of hydrogen-bond donors (Lipinski definition) is 5. The number of aryl methyl sites for hydroxylation is 3. The van der Waals surface area contributed by atoms with Crippen molar-refractivity contribution in [3.8, 4) is 34.4 Å². The Hall–Kier alpha value is -4.72. The van der Waals surface area contributed by atoms with Crippen LogP contribution < -0.4 is 16.4 Å². The Morgan fingerprint density at radius 2 is 1.84 bits per heavy atom. The fourth-order valence-corrected chi connectivity index (χ4v) is 6.73. The minimum Gasteiger partial charge on any atom is -0.355 e. The van der Waals surface area contributed by atoms with Gasteiger partial charge in [-0.1, -0.05) is 43.9 Å². The van der Waals surface area contributed by atoms with Crippen LogP contribution in [0.15, 0.2) is 48.7 Å². The van der Waals surface area contributed by atoms with E-state index in [9.17, 15) is 9.59 Å². The number of amides is 2. The van der Waals surface area contributed by atoms with Crippen LogP contribution in [0.25, 0.3) is 22.5 Å². The molecule has 1 aliphatic carbocycles. The van der Waals surface area contributed by atoms with E-state index < -0.39 is 6.04 Å². The van der Waals surface area contributed by atoms with E-state index in [1.807, 2.05) is 37.1 Å². The summed E-state index contributed by atoms with van der Waals surface area (Å²) in [6.07, 6.45) is 9.34. The molecule has 4 aromatic rings. The van der Waals surface area contributed by atoms with Crippen molar-refractivity contribution < 1.29 is 9.59 Å². The van der Waals surface area contributed by atoms with Gasteiger partial charge >= 0.3 is 0 Å². The second kappa shape index (κ2) is 15.7. The summed E-state index contributed by atoms with van der Waals surface area (Å²) in [6.45, 7) is 5.73. The predicted molar refractivity (Wildman–Crippen MR) is 192 cm³/mol. The number of H-pyrrole nitrogens is 2. The highest BCUT2D eigenvalue weighted by atomic mass is 16.2. The first-order valence-corrected chi connectivity index (χ1v) is 17.7. The van der Waals surface area contributed by atoms with Gasteiger partial charge in [0, 0.05) is 41.9 Å². The quantitative estimate of drug-likeness (QED) is 0.117. The van der Waals surface area contributed by atoms with Crippen molar-refractivity contribution in [2.75, 3.05) is 26.7 Å². The van der Waals surface area contributed by atoms with E-state index >= 15 is 0 Å². The first kappa shape index (κ1) is 34.2. The van der Waals surface area contributed by atoms with Crippen molar-refractivity contribution in [1.82, 2.24) is 35.5 Å². The molecule has 10 nitrogen and oxygen atoms in total. The van der Waals surface area contributed by atoms with Crippen molar-refractivity contribution in [3.05, 3.63) is 82.7 Å². The molecular formula is C39H48N8O2. The van der Waals surface area contributed by atoms with Gasteiger partial charge in [0.2, 0.25) is 11.8 Å². The SMILES string of the molecule is CNCC(=O)NCCCCc1ncc(-c2ccc(C#Cc3ccc4c(c3)CCCc3[nH]c(C5CCCN5C(=O)C(N)C(C)C)nc3-4)cc2)[nH]1. The number of rotatable bonds is 11. The number of likely N-dealkylation sites (tertiary alicyclic amines) is 1. The number of nitrogens with two attached hydrogens (primary N) is 1. The van der Waals surface area contributed by atoms with Crippen LogP contribution in [0.1, 0.15) is 86.0 Å². The summed E-state index contributed by atoms with van der Waals surface area (Å²) in [7, 11) is 1.76. The molecule has 3 heterocycles. The maximum atomic E-state index is 13.2. The molecule has 2 aromatic carbocycles. The third kappa shape index (κ3) is 8.12. The molecule has 49 heavy (non-hydrogen) atoms. The van der Waals surface area contributed by atoms with Crippen LogP contribution in [-0.4, -0.2) is 69.4 Å². The number of aromatic amines is 2. The molecule has 6 N–H and O–H groups in total. The third-order valence-corrected chi connectivity index (χ3v) is 9.56. The summed E-state index contributed by atoms with van der Waals surface area (Å²) in [6, 6.07) is 14.1. The molecule has 0 bridgehead atoms. The number of nitrogens with zero attached hydrogens (tertiary/aromatic N) is 3. The van der Waals surface area contributed by atoms with Gasteiger partial charge in [-0.3, -0.25) is 9.59 Å². The summed E-state index contributed by atoms with van der Waals surface area (Å²) in [4.78, 5) is 43.3. The monoisotopic (exact) mass is 660 g/mol. The lowest BCUT2D eigenvalue weighted by Gasteiger charge is -2.27. The maximum absolute atomic E-state index is 13.2. The van der Waals surface area contributed by atoms with Crippen molar-refractivity contribution in [1.29, 1.82) is 0 Å². The van der Waals surface area contributed by atoms with Gasteiger partial charge in [-0.05, 0) is 93.3 Å². The van der Waals surface area contributed by atoms with Crippen molar-refractivity contribution >= 4 is 11.8 Å². The standard InChI is InChI=1S/C39H48N8O2/c1-25(2)36(40)39(49)47-21-7-10-33(47)38-45-31-9-6-8-29-22-27(16-19-30(29)37(31)46-38)13-12-26-14-17-28(18-15-26)32-23-43-34(44-32)11-4-5-20-42-35(48)24-41-3/h14-19,22-23,25,33,36,41H,4-11,20-21,24,40H2,1-3H3,(H,42,48)(H,43,44)(H,45,46). The number of aromatic nitrogens is 4. The number of fused-ring (bicyclic) bond motifs is 3. The van der Waals surface area contributed by atoms with Crippen LogP contribution in [0.5, 0.6) is 0 Å². The molecule has 256 valence electrons. The molecule has 2 aliphatic rings. The molecule has 1 saturated heterocycles. The average molecular weight is 661 g/mol. The lowest BCUT2D eigenvalue weighted by molar-refractivity contribution is -0.134. The highest BCUT2D eigenvalue weighted by Crippen LogP contribution is 2.37. The number of benzene rings is 2. The van der Waals surface area contributed by atoms with E-state index in [4.69, 9.17) is 10.7 Å². The zero-order valence-corrected chi connectivity index (χ0v) is 28.9. The minimum absolute atomic E-state index is 0.0183. The van der Waals surface area contributed by atoms with Gasteiger partial charge in [-0.15, -0.1) is 0 Å². The second-order valence-electron chi connectivity index (χ2n) is 13.5. The molecule has 1 fully saturated rings. The molecule has 2 aromatic heterocycles. The summed E-state index contributed by atoms with van der Waals surface area (Å²) in [5, 5.41) is 5.76. The molecule has 0 spiro atoms. The average Bonchev–Trinajstić information content (AvgIpc) is 3.86. The van der Waals surface area contributed by atoms with Crippen molar-refractivity contribution in [2.24, 2.45) is 11.7 Å². The fourth-order valence-electron chi connectivity index (χ4n) is 6.73. The third-order valence-electron chi connectivity index (χ3n) is 9.56. The number of carbonyl (C=O) groups excluding carboxylic acids is 2. The van der Waals surface area contributed by atoms with Gasteiger partial charge in [0.15, 0.2) is 0 Å². The van der Waals surface area contributed by atoms with Gasteiger partial charge in [-0.2, -0.15) is 0 Å². The maximum Gasteiger partial charge on any atom is 0.240 e. The van der Waals surface area contributed by atoms with Crippen LogP contribution >= 0.6 is 0 Å². The smallest absolute Gasteiger partial charge is 0.240 e. The van der Waals surface area contributed by atoms with E-state index in [0.29, 0.717) is 13.1 Å². The molecule has 1 aliphatic heterocycles. The molecule has 0 radical (unpaired) electrons. The Morgan fingerprint density at radius 1 is 1.04 bits per heavy atom. The van der Waals surface area contributed by atoms with E-state index in [-0.39, 0.29) is 23.8 Å². The number of likely N-dealkylation sites (N-methyl/N-ethyl adjacent to an activating group) is 1. The lowest BCUT2D eigenvalue weighted by atomic mass is 9.99. The largest absolute Gasteiger partial charge is 0.355 e. The highest BCUT2D eigenvalue weighted by molar-refractivity contribution is 5.82. The van der Waals surface area contributed by atoms with Gasteiger partial charge in [0.25, 0.3) is 0 Å². The van der Waals surface area contributed by atoms with Crippen molar-refractivity contribution in [3.63, 3.8) is 0 Å². The number of hydrogen-bond acceptors (Lipinski definition) is 6. The van der Waals surface area contributed by atoms with E-state index in [2.05, 4.69) is 67.8 Å². The zero-order valence-electron chi connectivity index (χ0n) is 28.9. The van der Waals surface area contributed by atoms with E-state index in [0.717, 1.165) is 109 Å². The topological polar surface area (TPSA) is 145 Å². The van der Waals surface area contributed by atoms with Crippen LogP contribution in [0, 0.1) is 17.8 Å². The Kier molecular flexibility index (Phi) is 10.9. The Bertz CT molecular complexity index is 1830. The highest BCUT2D eigenvalue weighted by Gasteiger charge is 2.36. The molecule has 2 amide bonds. The Morgan fingerprint density at radius 3 is 2.63 bits per heavy atom. The first-order chi connectivity index (χ1) is 23.8. The van der Waals surface area contributed by atoms with Gasteiger partial charge in [0.05, 0.1) is 36.2 Å². The zero-order chi connectivity index (χ0) is 34.3. The fraction of sp³-hybridized carbons (Fsp3) is 0.436. The molecular weight excluding hydrogens is 612 g/mol. The summed E-state index contributed by atoms with van der Waals surface area (Å²) >= 11 is 0. The number of carbonyl (C=O) groups is 2. The summed E-state index contributed by atoms with van der Waals surface area (Å²) < 4.78 is 0. The molecule has 2 unspecified atom stereocenters. The lowest BCUT2D eigenvalue weighted by Crippen LogP contribution is -2.46. The summed E-state index contributed by atoms with van der Waals surface area (Å²) in [5.74, 6) is 8.67. The number of nitrogens with one attached hydrogen (secondary N) is 4. The molecule has 10 heteroatoms. The normalized spacial score (nSPS) is 16.0. The first-order valence-electron chi connectivity index (χ1n) is 17.7. The summed E-state index contributed by atoms with van der Waals surface area (Å²) in [5.41, 5.74) is 14.8. The molecule has 6 rings (SSSR count). The predicted octanol–water partition coefficient (Wildman–Crippen LogP) is 4.66. The van der Waals surface area contributed by atoms with E-state index in [1.165, 1.54) is 5.56 Å². The van der Waals surface area contributed by atoms with Gasteiger partial charge in [-0.25, -0.2) is 9.97 Å². The minimum atomic E-state index is -0.492.